The lowest BCUT2D eigenvalue weighted by atomic mass is 10.2. The van der Waals surface area contributed by atoms with Crippen molar-refractivity contribution in [3.63, 3.8) is 0 Å². The number of nitrogens with one attached hydrogen (secondary N) is 1. The first kappa shape index (κ1) is 12.9. The summed E-state index contributed by atoms with van der Waals surface area (Å²) in [6, 6.07) is 18.2. The number of benzene rings is 2. The highest BCUT2D eigenvalue weighted by atomic mass is 32.3. The summed E-state index contributed by atoms with van der Waals surface area (Å²) in [7, 11) is -3.07. The van der Waals surface area contributed by atoms with Crippen LogP contribution in [0, 0.1) is 0 Å². The molecule has 0 aliphatic carbocycles. The molecule has 0 unspecified atom stereocenters. The molecule has 3 aromatic rings. The Morgan fingerprint density at radius 3 is 2.40 bits per heavy atom. The minimum atomic E-state index is -3.07. The fourth-order valence-electron chi connectivity index (χ4n) is 1.96. The second-order valence-corrected chi connectivity index (χ2v) is 6.15. The summed E-state index contributed by atoms with van der Waals surface area (Å²) in [6.07, 6.45) is 1.60. The number of nitrogens with zero attached hydrogens (tertiary/aromatic N) is 1. The molecule has 0 amide bonds. The largest absolute Gasteiger partial charge is 0.279 e. The first-order valence-electron chi connectivity index (χ1n) is 6.11. The van der Waals surface area contributed by atoms with Crippen LogP contribution in [0.2, 0.25) is 0 Å². The van der Waals surface area contributed by atoms with Gasteiger partial charge in [0.2, 0.25) is 0 Å². The van der Waals surface area contributed by atoms with Gasteiger partial charge in [-0.3, -0.25) is 18.8 Å². The molecule has 3 N–H and O–H groups in total. The zero-order valence-electron chi connectivity index (χ0n) is 10.6. The zero-order valence-corrected chi connectivity index (χ0v) is 11.4. The predicted octanol–water partition coefficient (Wildman–Crippen LogP) is 4.37. The Morgan fingerprint density at radius 2 is 1.60 bits per heavy atom. The summed E-state index contributed by atoms with van der Waals surface area (Å²) in [5, 5.41) is 0.945. The number of anilines is 1. The number of hydrogen-bond acceptors (Lipinski definition) is 4. The van der Waals surface area contributed by atoms with Crippen LogP contribution >= 0.6 is 10.8 Å². The van der Waals surface area contributed by atoms with Crippen LogP contribution in [0.15, 0.2) is 71.8 Å². The Balaban J connectivity index is 1.92. The minimum Gasteiger partial charge on any atom is -0.279 e. The van der Waals surface area contributed by atoms with Crippen LogP contribution < -0.4 is 4.72 Å². The number of rotatable bonds is 3. The second kappa shape index (κ2) is 5.13. The minimum absolute atomic E-state index is 0.452. The molecular weight excluding hydrogens is 272 g/mol. The molecule has 0 aliphatic rings. The molecule has 0 saturated heterocycles. The van der Waals surface area contributed by atoms with Gasteiger partial charge in [-0.05, 0) is 24.3 Å². The van der Waals surface area contributed by atoms with Crippen LogP contribution in [-0.4, -0.2) is 14.1 Å². The van der Waals surface area contributed by atoms with Crippen molar-refractivity contribution in [2.24, 2.45) is 0 Å². The molecule has 3 rings (SSSR count). The topological polar surface area (TPSA) is 65.4 Å². The molecule has 5 heteroatoms. The van der Waals surface area contributed by atoms with Gasteiger partial charge in [0, 0.05) is 5.39 Å². The zero-order chi connectivity index (χ0) is 14.0. The van der Waals surface area contributed by atoms with Gasteiger partial charge in [-0.1, -0.05) is 47.2 Å². The summed E-state index contributed by atoms with van der Waals surface area (Å²) >= 11 is 0. The maximum Gasteiger partial charge on any atom is 0.0801 e. The molecule has 0 saturated carbocycles. The van der Waals surface area contributed by atoms with Crippen molar-refractivity contribution in [3.05, 3.63) is 66.9 Å². The van der Waals surface area contributed by atoms with E-state index >= 15 is 0 Å². The van der Waals surface area contributed by atoms with E-state index in [9.17, 15) is 9.11 Å². The van der Waals surface area contributed by atoms with Crippen molar-refractivity contribution < 1.29 is 9.11 Å². The van der Waals surface area contributed by atoms with Gasteiger partial charge in [0.1, 0.15) is 0 Å². The maximum atomic E-state index is 10.2. The Kier molecular flexibility index (Phi) is 3.31. The number of pyridine rings is 1. The summed E-state index contributed by atoms with van der Waals surface area (Å²) in [4.78, 5) is 4.74. The van der Waals surface area contributed by atoms with Crippen molar-refractivity contribution in [2.45, 2.75) is 4.90 Å². The Bertz CT molecular complexity index is 732. The number of hydrogen-bond donors (Lipinski definition) is 3. The third-order valence-electron chi connectivity index (χ3n) is 2.92. The molecule has 102 valence electrons. The quantitative estimate of drug-likeness (QED) is 0.669. The highest BCUT2D eigenvalue weighted by Gasteiger charge is 2.15. The van der Waals surface area contributed by atoms with Gasteiger partial charge in [-0.25, -0.2) is 0 Å². The SMILES string of the molecule is OS(O)(Nc1cnc2ccccc2c1)c1ccccc1. The molecule has 4 nitrogen and oxygen atoms in total. The number of para-hydroxylation sites is 1. The van der Waals surface area contributed by atoms with Crippen molar-refractivity contribution in [3.8, 4) is 0 Å². The third kappa shape index (κ3) is 2.60. The van der Waals surface area contributed by atoms with E-state index in [1.165, 1.54) is 0 Å². The highest BCUT2D eigenvalue weighted by Crippen LogP contribution is 2.47. The van der Waals surface area contributed by atoms with Gasteiger partial charge in [-0.15, -0.1) is 0 Å². The Labute approximate surface area is 118 Å². The highest BCUT2D eigenvalue weighted by molar-refractivity contribution is 8.25. The van der Waals surface area contributed by atoms with E-state index in [2.05, 4.69) is 9.71 Å². The lowest BCUT2D eigenvalue weighted by Gasteiger charge is -2.33. The van der Waals surface area contributed by atoms with E-state index < -0.39 is 10.8 Å². The van der Waals surface area contributed by atoms with Crippen molar-refractivity contribution >= 4 is 27.4 Å². The molecule has 0 radical (unpaired) electrons. The fraction of sp³-hybridized carbons (Fsp3) is 0. The summed E-state index contributed by atoms with van der Waals surface area (Å²) in [5.41, 5.74) is 1.45. The Hall–Kier alpha value is -2.08. The van der Waals surface area contributed by atoms with Crippen LogP contribution in [0.5, 0.6) is 0 Å². The van der Waals surface area contributed by atoms with Crippen LogP contribution in [-0.2, 0) is 0 Å². The molecular formula is C15H14N2O2S. The molecule has 2 aromatic carbocycles. The smallest absolute Gasteiger partial charge is 0.0801 e. The van der Waals surface area contributed by atoms with Gasteiger partial charge in [0.25, 0.3) is 0 Å². The average Bonchev–Trinajstić information content (AvgIpc) is 2.48. The van der Waals surface area contributed by atoms with Crippen LogP contribution in [0.1, 0.15) is 0 Å². The lowest BCUT2D eigenvalue weighted by molar-refractivity contribution is 0.494. The monoisotopic (exact) mass is 286 g/mol. The second-order valence-electron chi connectivity index (χ2n) is 4.38. The van der Waals surface area contributed by atoms with Gasteiger partial charge in [0.15, 0.2) is 0 Å². The summed E-state index contributed by atoms with van der Waals surface area (Å²) in [5.74, 6) is 0. The van der Waals surface area contributed by atoms with Crippen molar-refractivity contribution in [2.75, 3.05) is 4.72 Å². The van der Waals surface area contributed by atoms with E-state index in [1.54, 1.807) is 30.5 Å². The Morgan fingerprint density at radius 1 is 0.900 bits per heavy atom. The van der Waals surface area contributed by atoms with E-state index in [0.717, 1.165) is 10.9 Å². The fourth-order valence-corrected chi connectivity index (χ4v) is 3.06. The van der Waals surface area contributed by atoms with E-state index in [1.807, 2.05) is 36.4 Å². The standard InChI is InChI=1S/C15H14N2O2S/c18-20(19,14-7-2-1-3-8-14)17-13-10-12-6-4-5-9-15(12)16-11-13/h1-11,17-19H. The number of aromatic nitrogens is 1. The van der Waals surface area contributed by atoms with Crippen molar-refractivity contribution in [1.29, 1.82) is 0 Å². The van der Waals surface area contributed by atoms with Gasteiger partial charge < -0.3 is 0 Å². The summed E-state index contributed by atoms with van der Waals surface area (Å²) in [6.45, 7) is 0. The predicted molar refractivity (Wildman–Crippen MR) is 82.9 cm³/mol. The van der Waals surface area contributed by atoms with Crippen molar-refractivity contribution in [1.82, 2.24) is 4.98 Å². The molecule has 20 heavy (non-hydrogen) atoms. The van der Waals surface area contributed by atoms with Crippen LogP contribution in [0.3, 0.4) is 0 Å². The van der Waals surface area contributed by atoms with Gasteiger partial charge >= 0.3 is 0 Å². The lowest BCUT2D eigenvalue weighted by Crippen LogP contribution is -2.09. The number of fused-ring (bicyclic) bond motifs is 1. The van der Waals surface area contributed by atoms with Gasteiger partial charge in [-0.2, -0.15) is 0 Å². The molecule has 0 bridgehead atoms. The molecule has 0 spiro atoms. The third-order valence-corrected chi connectivity index (χ3v) is 4.37. The molecule has 0 atom stereocenters. The summed E-state index contributed by atoms with van der Waals surface area (Å²) < 4.78 is 23.2. The first-order valence-corrected chi connectivity index (χ1v) is 7.66. The average molecular weight is 286 g/mol. The first-order chi connectivity index (χ1) is 9.65. The van der Waals surface area contributed by atoms with E-state index in [-0.39, 0.29) is 0 Å². The van der Waals surface area contributed by atoms with Crippen LogP contribution in [0.25, 0.3) is 10.9 Å². The maximum absolute atomic E-state index is 10.2. The molecule has 1 heterocycles. The van der Waals surface area contributed by atoms with E-state index in [0.29, 0.717) is 10.6 Å². The molecule has 0 fully saturated rings. The normalized spacial score (nSPS) is 12.3. The molecule has 0 aliphatic heterocycles. The van der Waals surface area contributed by atoms with Crippen LogP contribution in [0.4, 0.5) is 5.69 Å². The van der Waals surface area contributed by atoms with Gasteiger partial charge in [0.05, 0.1) is 22.3 Å². The van der Waals surface area contributed by atoms with E-state index in [4.69, 9.17) is 0 Å². The molecule has 1 aromatic heterocycles.